The monoisotopic (exact) mass is 240 g/mol. The Balaban J connectivity index is 2.04. The topological polar surface area (TPSA) is 55.1 Å². The van der Waals surface area contributed by atoms with Crippen molar-refractivity contribution in [3.8, 4) is 0 Å². The standard InChI is InChI=1S/C14H28N2O/c1-11(2)8-13(10-15)9-14(17)16-7-3-4-12-5-6-12/h11-13H,3-10,15H2,1-2H3,(H,16,17)/t13-/m0/s1. The molecule has 0 aromatic carbocycles. The van der Waals surface area contributed by atoms with E-state index < -0.39 is 0 Å². The third kappa shape index (κ3) is 7.37. The highest BCUT2D eigenvalue weighted by Crippen LogP contribution is 2.33. The minimum absolute atomic E-state index is 0.178. The molecule has 0 spiro atoms. The number of amides is 1. The molecule has 1 atom stereocenters. The van der Waals surface area contributed by atoms with Crippen LogP contribution in [0.5, 0.6) is 0 Å². The normalized spacial score (nSPS) is 17.2. The Morgan fingerprint density at radius 3 is 2.65 bits per heavy atom. The molecule has 0 bridgehead atoms. The van der Waals surface area contributed by atoms with E-state index in [4.69, 9.17) is 5.73 Å². The zero-order valence-electron chi connectivity index (χ0n) is 11.4. The highest BCUT2D eigenvalue weighted by atomic mass is 16.1. The Hall–Kier alpha value is -0.570. The van der Waals surface area contributed by atoms with Crippen molar-refractivity contribution in [3.05, 3.63) is 0 Å². The molecule has 1 saturated carbocycles. The first-order chi connectivity index (χ1) is 8.11. The third-order valence-corrected chi connectivity index (χ3v) is 3.42. The molecule has 3 heteroatoms. The molecule has 17 heavy (non-hydrogen) atoms. The van der Waals surface area contributed by atoms with Gasteiger partial charge in [-0.25, -0.2) is 0 Å². The first-order valence-electron chi connectivity index (χ1n) is 7.08. The maximum Gasteiger partial charge on any atom is 0.220 e. The number of nitrogens with one attached hydrogen (secondary N) is 1. The zero-order valence-corrected chi connectivity index (χ0v) is 11.4. The van der Waals surface area contributed by atoms with E-state index in [9.17, 15) is 4.79 Å². The van der Waals surface area contributed by atoms with Crippen LogP contribution in [0.25, 0.3) is 0 Å². The van der Waals surface area contributed by atoms with Gasteiger partial charge in [0.05, 0.1) is 0 Å². The summed E-state index contributed by atoms with van der Waals surface area (Å²) in [5.41, 5.74) is 5.69. The Kier molecular flexibility index (Phi) is 6.56. The van der Waals surface area contributed by atoms with E-state index in [0.717, 1.165) is 25.3 Å². The molecule has 0 radical (unpaired) electrons. The molecule has 1 fully saturated rings. The molecule has 0 aromatic rings. The fraction of sp³-hybridized carbons (Fsp3) is 0.929. The Bertz CT molecular complexity index is 224. The van der Waals surface area contributed by atoms with Gasteiger partial charge >= 0.3 is 0 Å². The first-order valence-corrected chi connectivity index (χ1v) is 7.08. The van der Waals surface area contributed by atoms with Crippen molar-refractivity contribution in [3.63, 3.8) is 0 Å². The highest BCUT2D eigenvalue weighted by molar-refractivity contribution is 5.76. The van der Waals surface area contributed by atoms with E-state index >= 15 is 0 Å². The summed E-state index contributed by atoms with van der Waals surface area (Å²) in [4.78, 5) is 11.7. The molecular formula is C14H28N2O. The number of rotatable bonds is 9. The van der Waals surface area contributed by atoms with Crippen LogP contribution < -0.4 is 11.1 Å². The number of hydrogen-bond acceptors (Lipinski definition) is 2. The molecule has 3 nitrogen and oxygen atoms in total. The molecule has 0 aromatic heterocycles. The molecule has 0 unspecified atom stereocenters. The third-order valence-electron chi connectivity index (χ3n) is 3.42. The first kappa shape index (κ1) is 14.5. The van der Waals surface area contributed by atoms with E-state index in [2.05, 4.69) is 19.2 Å². The molecule has 1 rings (SSSR count). The van der Waals surface area contributed by atoms with Crippen LogP contribution in [0.2, 0.25) is 0 Å². The highest BCUT2D eigenvalue weighted by Gasteiger charge is 2.20. The zero-order chi connectivity index (χ0) is 12.7. The van der Waals surface area contributed by atoms with Crippen molar-refractivity contribution < 1.29 is 4.79 Å². The van der Waals surface area contributed by atoms with E-state index in [0.29, 0.717) is 24.8 Å². The molecule has 0 aliphatic heterocycles. The maximum atomic E-state index is 11.7. The van der Waals surface area contributed by atoms with Crippen molar-refractivity contribution >= 4 is 5.91 Å². The summed E-state index contributed by atoms with van der Waals surface area (Å²) in [5.74, 6) is 2.10. The quantitative estimate of drug-likeness (QED) is 0.608. The predicted octanol–water partition coefficient (Wildman–Crippen LogP) is 2.30. The Morgan fingerprint density at radius 1 is 1.41 bits per heavy atom. The second-order valence-electron chi connectivity index (χ2n) is 5.87. The lowest BCUT2D eigenvalue weighted by molar-refractivity contribution is -0.122. The van der Waals surface area contributed by atoms with Gasteiger partial charge in [-0.05, 0) is 43.6 Å². The number of hydrogen-bond donors (Lipinski definition) is 2. The summed E-state index contributed by atoms with van der Waals surface area (Å²) in [6.45, 7) is 5.81. The van der Waals surface area contributed by atoms with Crippen molar-refractivity contribution in [2.45, 2.75) is 52.4 Å². The van der Waals surface area contributed by atoms with Crippen LogP contribution in [-0.2, 0) is 4.79 Å². The molecular weight excluding hydrogens is 212 g/mol. The molecule has 3 N–H and O–H groups in total. The molecule has 0 saturated heterocycles. The van der Waals surface area contributed by atoms with Crippen LogP contribution in [0.3, 0.4) is 0 Å². The summed E-state index contributed by atoms with van der Waals surface area (Å²) in [5, 5.41) is 3.01. The van der Waals surface area contributed by atoms with Gasteiger partial charge in [0.15, 0.2) is 0 Å². The fourth-order valence-corrected chi connectivity index (χ4v) is 2.29. The SMILES string of the molecule is CC(C)C[C@H](CN)CC(=O)NCCCC1CC1. The van der Waals surface area contributed by atoms with Crippen LogP contribution in [0.1, 0.15) is 52.4 Å². The summed E-state index contributed by atoms with van der Waals surface area (Å²) in [6, 6.07) is 0. The van der Waals surface area contributed by atoms with Crippen molar-refractivity contribution in [2.24, 2.45) is 23.5 Å². The van der Waals surface area contributed by atoms with Crippen molar-refractivity contribution in [1.29, 1.82) is 0 Å². The number of carbonyl (C=O) groups excluding carboxylic acids is 1. The van der Waals surface area contributed by atoms with E-state index in [1.807, 2.05) is 0 Å². The lowest BCUT2D eigenvalue weighted by atomic mass is 9.94. The summed E-state index contributed by atoms with van der Waals surface area (Å²) in [6.07, 6.45) is 6.86. The van der Waals surface area contributed by atoms with Gasteiger partial charge in [-0.1, -0.05) is 26.7 Å². The van der Waals surface area contributed by atoms with Crippen LogP contribution >= 0.6 is 0 Å². The molecule has 1 aliphatic rings. The van der Waals surface area contributed by atoms with E-state index in [-0.39, 0.29) is 5.91 Å². The minimum atomic E-state index is 0.178. The smallest absolute Gasteiger partial charge is 0.220 e. The van der Waals surface area contributed by atoms with Crippen LogP contribution in [0.4, 0.5) is 0 Å². The molecule has 100 valence electrons. The second-order valence-corrected chi connectivity index (χ2v) is 5.87. The van der Waals surface area contributed by atoms with Gasteiger partial charge in [-0.3, -0.25) is 4.79 Å². The molecule has 1 aliphatic carbocycles. The van der Waals surface area contributed by atoms with Crippen molar-refractivity contribution in [1.82, 2.24) is 5.32 Å². The van der Waals surface area contributed by atoms with Gasteiger partial charge in [-0.2, -0.15) is 0 Å². The second kappa shape index (κ2) is 7.70. The minimum Gasteiger partial charge on any atom is -0.356 e. The fourth-order valence-electron chi connectivity index (χ4n) is 2.29. The number of nitrogens with two attached hydrogens (primary N) is 1. The molecule has 1 amide bonds. The molecule has 0 heterocycles. The summed E-state index contributed by atoms with van der Waals surface area (Å²) >= 11 is 0. The summed E-state index contributed by atoms with van der Waals surface area (Å²) in [7, 11) is 0. The van der Waals surface area contributed by atoms with Gasteiger partial charge in [0.1, 0.15) is 0 Å². The lowest BCUT2D eigenvalue weighted by Gasteiger charge is -2.16. The average molecular weight is 240 g/mol. The predicted molar refractivity (Wildman–Crippen MR) is 71.6 cm³/mol. The van der Waals surface area contributed by atoms with E-state index in [1.165, 1.54) is 19.3 Å². The van der Waals surface area contributed by atoms with Crippen molar-refractivity contribution in [2.75, 3.05) is 13.1 Å². The van der Waals surface area contributed by atoms with Crippen LogP contribution in [-0.4, -0.2) is 19.0 Å². The van der Waals surface area contributed by atoms with Gasteiger partial charge in [0, 0.05) is 13.0 Å². The largest absolute Gasteiger partial charge is 0.356 e. The van der Waals surface area contributed by atoms with Crippen LogP contribution in [0, 0.1) is 17.8 Å². The Labute approximate surface area is 106 Å². The number of carbonyl (C=O) groups is 1. The van der Waals surface area contributed by atoms with Gasteiger partial charge in [0.25, 0.3) is 0 Å². The van der Waals surface area contributed by atoms with Gasteiger partial charge in [-0.15, -0.1) is 0 Å². The van der Waals surface area contributed by atoms with E-state index in [1.54, 1.807) is 0 Å². The maximum absolute atomic E-state index is 11.7. The lowest BCUT2D eigenvalue weighted by Crippen LogP contribution is -2.29. The van der Waals surface area contributed by atoms with Gasteiger partial charge in [0.2, 0.25) is 5.91 Å². The Morgan fingerprint density at radius 2 is 2.12 bits per heavy atom. The average Bonchev–Trinajstić information content (AvgIpc) is 3.06. The van der Waals surface area contributed by atoms with Gasteiger partial charge < -0.3 is 11.1 Å². The van der Waals surface area contributed by atoms with Crippen LogP contribution in [0.15, 0.2) is 0 Å². The summed E-state index contributed by atoms with van der Waals surface area (Å²) < 4.78 is 0.